The summed E-state index contributed by atoms with van der Waals surface area (Å²) in [7, 11) is -3.55. The van der Waals surface area contributed by atoms with Crippen LogP contribution in [0.25, 0.3) is 0 Å². The van der Waals surface area contributed by atoms with Crippen molar-refractivity contribution in [2.75, 3.05) is 13.1 Å². The summed E-state index contributed by atoms with van der Waals surface area (Å²) in [6, 6.07) is 0. The fourth-order valence-corrected chi connectivity index (χ4v) is 4.22. The predicted octanol–water partition coefficient (Wildman–Crippen LogP) is 1.33. The minimum atomic E-state index is -3.55. The van der Waals surface area contributed by atoms with Gasteiger partial charge in [-0.05, 0) is 19.3 Å². The molecule has 0 saturated heterocycles. The molecule has 0 saturated carbocycles. The van der Waals surface area contributed by atoms with Crippen LogP contribution in [0.5, 0.6) is 0 Å². The van der Waals surface area contributed by atoms with Crippen LogP contribution in [0, 0.1) is 0 Å². The van der Waals surface area contributed by atoms with Gasteiger partial charge in [0.1, 0.15) is 4.90 Å². The van der Waals surface area contributed by atoms with Gasteiger partial charge in [0.05, 0.1) is 6.20 Å². The van der Waals surface area contributed by atoms with Crippen LogP contribution in [0.2, 0.25) is 0 Å². The Labute approximate surface area is 115 Å². The zero-order chi connectivity index (χ0) is 14.5. The van der Waals surface area contributed by atoms with Crippen molar-refractivity contribution < 1.29 is 8.42 Å². The van der Waals surface area contributed by atoms with E-state index in [1.807, 2.05) is 20.8 Å². The molecule has 0 aliphatic heterocycles. The molecule has 1 aromatic heterocycles. The Morgan fingerprint density at radius 2 is 2.00 bits per heavy atom. The Hall–Kier alpha value is -0.920. The molecule has 0 spiro atoms. The second-order valence-corrected chi connectivity index (χ2v) is 6.51. The average Bonchev–Trinajstić information content (AvgIpc) is 2.94. The number of nitrogens with zero attached hydrogens (tertiary/aromatic N) is 2. The topological polar surface area (TPSA) is 92.1 Å². The third-order valence-electron chi connectivity index (χ3n) is 3.71. The summed E-state index contributed by atoms with van der Waals surface area (Å²) in [5, 5.41) is 6.28. The second kappa shape index (κ2) is 6.49. The van der Waals surface area contributed by atoms with Crippen molar-refractivity contribution in [3.8, 4) is 0 Å². The smallest absolute Gasteiger partial charge is 0.246 e. The van der Waals surface area contributed by atoms with Crippen molar-refractivity contribution >= 4 is 10.0 Å². The first-order chi connectivity index (χ1) is 8.98. The molecular weight excluding hydrogens is 264 g/mol. The van der Waals surface area contributed by atoms with Crippen molar-refractivity contribution in [3.63, 3.8) is 0 Å². The van der Waals surface area contributed by atoms with Gasteiger partial charge in [-0.2, -0.15) is 9.40 Å². The van der Waals surface area contributed by atoms with Gasteiger partial charge in [-0.3, -0.25) is 5.10 Å². The van der Waals surface area contributed by atoms with Crippen molar-refractivity contribution in [3.05, 3.63) is 12.4 Å². The van der Waals surface area contributed by atoms with Crippen LogP contribution >= 0.6 is 0 Å². The van der Waals surface area contributed by atoms with E-state index in [0.717, 1.165) is 6.42 Å². The van der Waals surface area contributed by atoms with E-state index in [9.17, 15) is 8.42 Å². The van der Waals surface area contributed by atoms with E-state index in [0.29, 0.717) is 25.9 Å². The number of nitrogens with one attached hydrogen (secondary N) is 1. The molecule has 0 fully saturated rings. The molecule has 19 heavy (non-hydrogen) atoms. The highest BCUT2D eigenvalue weighted by Crippen LogP contribution is 2.29. The first-order valence-corrected chi connectivity index (χ1v) is 8.14. The number of hydrogen-bond acceptors (Lipinski definition) is 4. The van der Waals surface area contributed by atoms with Crippen LogP contribution < -0.4 is 5.73 Å². The lowest BCUT2D eigenvalue weighted by Crippen LogP contribution is -2.55. The number of hydrogen-bond donors (Lipinski definition) is 2. The zero-order valence-corrected chi connectivity index (χ0v) is 12.7. The Bertz CT molecular complexity index is 458. The van der Waals surface area contributed by atoms with Crippen molar-refractivity contribution in [1.29, 1.82) is 0 Å². The van der Waals surface area contributed by atoms with Gasteiger partial charge in [-0.15, -0.1) is 0 Å². The molecule has 1 rings (SSSR count). The van der Waals surface area contributed by atoms with E-state index in [-0.39, 0.29) is 4.90 Å². The first-order valence-electron chi connectivity index (χ1n) is 6.70. The van der Waals surface area contributed by atoms with Gasteiger partial charge >= 0.3 is 0 Å². The summed E-state index contributed by atoms with van der Waals surface area (Å²) in [5.74, 6) is 0. The van der Waals surface area contributed by atoms with E-state index < -0.39 is 15.6 Å². The molecule has 1 aromatic rings. The number of sulfonamides is 1. The Balaban J connectivity index is 3.27. The lowest BCUT2D eigenvalue weighted by molar-refractivity contribution is 0.178. The molecule has 3 N–H and O–H groups in total. The van der Waals surface area contributed by atoms with Gasteiger partial charge in [0.25, 0.3) is 0 Å². The molecule has 0 atom stereocenters. The lowest BCUT2D eigenvalue weighted by atomic mass is 9.93. The van der Waals surface area contributed by atoms with Crippen LogP contribution in [0.4, 0.5) is 0 Å². The number of aromatic amines is 1. The van der Waals surface area contributed by atoms with Gasteiger partial charge in [0.15, 0.2) is 0 Å². The van der Waals surface area contributed by atoms with E-state index in [4.69, 9.17) is 5.73 Å². The molecule has 6 nitrogen and oxygen atoms in total. The van der Waals surface area contributed by atoms with Gasteiger partial charge in [0, 0.05) is 24.8 Å². The maximum atomic E-state index is 12.7. The molecule has 110 valence electrons. The molecule has 0 unspecified atom stereocenters. The van der Waals surface area contributed by atoms with Crippen LogP contribution in [0.3, 0.4) is 0 Å². The van der Waals surface area contributed by atoms with E-state index in [1.54, 1.807) is 4.31 Å². The lowest BCUT2D eigenvalue weighted by Gasteiger charge is -2.41. The number of aromatic nitrogens is 2. The van der Waals surface area contributed by atoms with Gasteiger partial charge < -0.3 is 5.73 Å². The molecule has 1 heterocycles. The predicted molar refractivity (Wildman–Crippen MR) is 75.1 cm³/mol. The minimum absolute atomic E-state index is 0.195. The van der Waals surface area contributed by atoms with E-state index >= 15 is 0 Å². The van der Waals surface area contributed by atoms with Gasteiger partial charge in [-0.1, -0.05) is 20.8 Å². The fraction of sp³-hybridized carbons (Fsp3) is 0.750. The third-order valence-corrected chi connectivity index (χ3v) is 5.68. The minimum Gasteiger partial charge on any atom is -0.329 e. The summed E-state index contributed by atoms with van der Waals surface area (Å²) < 4.78 is 27.0. The highest BCUT2D eigenvalue weighted by Gasteiger charge is 2.40. The van der Waals surface area contributed by atoms with Crippen LogP contribution in [-0.2, 0) is 10.0 Å². The summed E-state index contributed by atoms with van der Waals surface area (Å²) >= 11 is 0. The Kier molecular flexibility index (Phi) is 5.51. The van der Waals surface area contributed by atoms with Crippen molar-refractivity contribution in [2.45, 2.75) is 50.5 Å². The first kappa shape index (κ1) is 16.1. The van der Waals surface area contributed by atoms with Crippen LogP contribution in [0.15, 0.2) is 17.3 Å². The fourth-order valence-electron chi connectivity index (χ4n) is 2.32. The average molecular weight is 288 g/mol. The molecule has 0 amide bonds. The summed E-state index contributed by atoms with van der Waals surface area (Å²) in [4.78, 5) is 0.195. The Morgan fingerprint density at radius 3 is 2.37 bits per heavy atom. The maximum absolute atomic E-state index is 12.7. The standard InChI is InChI=1S/C12H24N4O2S/c1-4-7-16(12(5-2,6-3)10-13)19(17,18)11-8-14-15-9-11/h8-9H,4-7,10,13H2,1-3H3,(H,14,15). The normalized spacial score (nSPS) is 13.1. The Morgan fingerprint density at radius 1 is 1.37 bits per heavy atom. The number of rotatable bonds is 8. The molecule has 0 bridgehead atoms. The van der Waals surface area contributed by atoms with Crippen LogP contribution in [0.1, 0.15) is 40.0 Å². The zero-order valence-electron chi connectivity index (χ0n) is 11.9. The molecule has 7 heteroatoms. The number of nitrogens with two attached hydrogens (primary N) is 1. The second-order valence-electron chi connectivity index (χ2n) is 4.65. The van der Waals surface area contributed by atoms with Crippen LogP contribution in [-0.4, -0.2) is 41.5 Å². The molecule has 0 aliphatic rings. The molecule has 0 aromatic carbocycles. The molecular formula is C12H24N4O2S. The van der Waals surface area contributed by atoms with Gasteiger partial charge in [-0.25, -0.2) is 8.42 Å². The summed E-state index contributed by atoms with van der Waals surface area (Å²) in [5.41, 5.74) is 5.36. The van der Waals surface area contributed by atoms with E-state index in [1.165, 1.54) is 12.4 Å². The maximum Gasteiger partial charge on any atom is 0.246 e. The summed E-state index contributed by atoms with van der Waals surface area (Å²) in [6.07, 6.45) is 4.88. The van der Waals surface area contributed by atoms with Gasteiger partial charge in [0.2, 0.25) is 10.0 Å². The highest BCUT2D eigenvalue weighted by atomic mass is 32.2. The monoisotopic (exact) mass is 288 g/mol. The van der Waals surface area contributed by atoms with Crippen molar-refractivity contribution in [1.82, 2.24) is 14.5 Å². The molecule has 0 aliphatic carbocycles. The van der Waals surface area contributed by atoms with E-state index in [2.05, 4.69) is 10.2 Å². The third kappa shape index (κ3) is 2.98. The SMILES string of the molecule is CCCN(C(CC)(CC)CN)S(=O)(=O)c1cn[nH]c1. The molecule has 0 radical (unpaired) electrons. The van der Waals surface area contributed by atoms with Crippen molar-refractivity contribution in [2.24, 2.45) is 5.73 Å². The highest BCUT2D eigenvalue weighted by molar-refractivity contribution is 7.89. The number of H-pyrrole nitrogens is 1. The quantitative estimate of drug-likeness (QED) is 0.754. The largest absolute Gasteiger partial charge is 0.329 e. The summed E-state index contributed by atoms with van der Waals surface area (Å²) in [6.45, 7) is 6.70.